The van der Waals surface area contributed by atoms with Crippen LogP contribution in [0.3, 0.4) is 0 Å². The molecule has 7 nitrogen and oxygen atoms in total. The van der Waals surface area contributed by atoms with Crippen molar-refractivity contribution >= 4 is 23.1 Å². The zero-order valence-electron chi connectivity index (χ0n) is 13.4. The van der Waals surface area contributed by atoms with Crippen molar-refractivity contribution in [2.45, 2.75) is 0 Å². The Morgan fingerprint density at radius 2 is 1.96 bits per heavy atom. The highest BCUT2D eigenvalue weighted by Gasteiger charge is 2.11. The van der Waals surface area contributed by atoms with Crippen molar-refractivity contribution in [2.24, 2.45) is 5.10 Å². The summed E-state index contributed by atoms with van der Waals surface area (Å²) in [5.74, 6) is 0.321. The van der Waals surface area contributed by atoms with Crippen molar-refractivity contribution in [1.82, 2.24) is 19.7 Å². The van der Waals surface area contributed by atoms with Crippen LogP contribution in [0, 0.1) is 5.82 Å². The second-order valence-electron chi connectivity index (χ2n) is 5.46. The number of hydrazone groups is 1. The van der Waals surface area contributed by atoms with Gasteiger partial charge in [0, 0.05) is 0 Å². The Morgan fingerprint density at radius 3 is 2.77 bits per heavy atom. The van der Waals surface area contributed by atoms with Crippen molar-refractivity contribution in [2.75, 3.05) is 5.43 Å². The Labute approximate surface area is 147 Å². The predicted octanol–water partition coefficient (Wildman–Crippen LogP) is 3.11. The summed E-state index contributed by atoms with van der Waals surface area (Å²) in [4.78, 5) is 8.40. The zero-order valence-corrected chi connectivity index (χ0v) is 13.4. The Morgan fingerprint density at radius 1 is 1.12 bits per heavy atom. The highest BCUT2D eigenvalue weighted by molar-refractivity contribution is 5.88. The molecular formula is C18H13FN6O. The molecule has 0 spiro atoms. The van der Waals surface area contributed by atoms with Crippen molar-refractivity contribution in [3.63, 3.8) is 0 Å². The molecule has 8 heteroatoms. The van der Waals surface area contributed by atoms with Gasteiger partial charge in [0.2, 0.25) is 0 Å². The Balaban J connectivity index is 1.63. The minimum atomic E-state index is -0.350. The molecule has 2 heterocycles. The maximum absolute atomic E-state index is 13.5. The van der Waals surface area contributed by atoms with Gasteiger partial charge in [-0.2, -0.15) is 10.2 Å². The standard InChI is InChI=1S/C18H13FN6O/c19-13-2-1-3-14(8-13)25-18-16(10-23-25)17(20-11-21-18)24-22-9-12-4-6-15(26)7-5-12/h1-11,26H,(H,20,21,24)/b22-9+. The molecule has 0 radical (unpaired) electrons. The lowest BCUT2D eigenvalue weighted by molar-refractivity contribution is 0.475. The molecule has 0 aliphatic carbocycles. The van der Waals surface area contributed by atoms with E-state index in [-0.39, 0.29) is 11.6 Å². The van der Waals surface area contributed by atoms with Gasteiger partial charge in [0.1, 0.15) is 17.9 Å². The average molecular weight is 348 g/mol. The largest absolute Gasteiger partial charge is 0.508 e. The first-order chi connectivity index (χ1) is 12.7. The van der Waals surface area contributed by atoms with E-state index >= 15 is 0 Å². The van der Waals surface area contributed by atoms with Crippen LogP contribution >= 0.6 is 0 Å². The van der Waals surface area contributed by atoms with Crippen molar-refractivity contribution < 1.29 is 9.50 Å². The minimum absolute atomic E-state index is 0.192. The van der Waals surface area contributed by atoms with Crippen LogP contribution in [0.4, 0.5) is 10.2 Å². The first kappa shape index (κ1) is 15.7. The lowest BCUT2D eigenvalue weighted by atomic mass is 10.2. The molecule has 26 heavy (non-hydrogen) atoms. The van der Waals surface area contributed by atoms with E-state index in [1.807, 2.05) is 0 Å². The van der Waals surface area contributed by atoms with Gasteiger partial charge in [-0.25, -0.2) is 19.0 Å². The number of hydrogen-bond acceptors (Lipinski definition) is 6. The summed E-state index contributed by atoms with van der Waals surface area (Å²) in [6.07, 6.45) is 4.58. The molecule has 2 aromatic carbocycles. The van der Waals surface area contributed by atoms with E-state index in [2.05, 4.69) is 25.6 Å². The van der Waals surface area contributed by atoms with Crippen LogP contribution in [-0.4, -0.2) is 31.1 Å². The third kappa shape index (κ3) is 3.07. The second-order valence-corrected chi connectivity index (χ2v) is 5.46. The number of aromatic hydroxyl groups is 1. The summed E-state index contributed by atoms with van der Waals surface area (Å²) in [5.41, 5.74) is 4.77. The van der Waals surface area contributed by atoms with E-state index in [0.29, 0.717) is 22.5 Å². The molecule has 0 unspecified atom stereocenters. The van der Waals surface area contributed by atoms with Crippen LogP contribution in [0.1, 0.15) is 5.56 Å². The number of aromatic nitrogens is 4. The van der Waals surface area contributed by atoms with Gasteiger partial charge in [0.05, 0.1) is 23.5 Å². The number of nitrogens with one attached hydrogen (secondary N) is 1. The summed E-state index contributed by atoms with van der Waals surface area (Å²) < 4.78 is 15.0. The number of anilines is 1. The van der Waals surface area contributed by atoms with Gasteiger partial charge in [0.15, 0.2) is 11.5 Å². The average Bonchev–Trinajstić information content (AvgIpc) is 3.08. The van der Waals surface area contributed by atoms with Crippen LogP contribution < -0.4 is 5.43 Å². The fraction of sp³-hybridized carbons (Fsp3) is 0. The summed E-state index contributed by atoms with van der Waals surface area (Å²) in [6.45, 7) is 0. The van der Waals surface area contributed by atoms with Gasteiger partial charge in [-0.3, -0.25) is 5.43 Å². The van der Waals surface area contributed by atoms with Crippen LogP contribution in [0.25, 0.3) is 16.7 Å². The number of benzene rings is 2. The van der Waals surface area contributed by atoms with E-state index in [9.17, 15) is 9.50 Å². The highest BCUT2D eigenvalue weighted by atomic mass is 19.1. The molecular weight excluding hydrogens is 335 g/mol. The molecule has 2 aromatic heterocycles. The van der Waals surface area contributed by atoms with Crippen molar-refractivity contribution in [3.05, 3.63) is 72.4 Å². The van der Waals surface area contributed by atoms with E-state index in [1.165, 1.54) is 23.1 Å². The fourth-order valence-electron chi connectivity index (χ4n) is 2.46. The lowest BCUT2D eigenvalue weighted by Gasteiger charge is -2.04. The number of fused-ring (bicyclic) bond motifs is 1. The zero-order chi connectivity index (χ0) is 17.9. The molecule has 0 fully saturated rings. The van der Waals surface area contributed by atoms with Crippen LogP contribution in [-0.2, 0) is 0 Å². The molecule has 0 saturated carbocycles. The summed E-state index contributed by atoms with van der Waals surface area (Å²) in [7, 11) is 0. The van der Waals surface area contributed by atoms with E-state index < -0.39 is 0 Å². The van der Waals surface area contributed by atoms with Gasteiger partial charge >= 0.3 is 0 Å². The Hall–Kier alpha value is -3.81. The number of rotatable bonds is 4. The van der Waals surface area contributed by atoms with Gasteiger partial charge < -0.3 is 5.11 Å². The second kappa shape index (κ2) is 6.60. The number of phenols is 1. The fourth-order valence-corrected chi connectivity index (χ4v) is 2.46. The molecule has 0 amide bonds. The number of hydrogen-bond donors (Lipinski definition) is 2. The van der Waals surface area contributed by atoms with E-state index in [0.717, 1.165) is 5.56 Å². The first-order valence-corrected chi connectivity index (χ1v) is 7.73. The molecule has 0 saturated heterocycles. The number of halogens is 1. The third-order valence-corrected chi connectivity index (χ3v) is 3.70. The highest BCUT2D eigenvalue weighted by Crippen LogP contribution is 2.21. The van der Waals surface area contributed by atoms with E-state index in [1.54, 1.807) is 48.8 Å². The number of nitrogens with zero attached hydrogens (tertiary/aromatic N) is 5. The van der Waals surface area contributed by atoms with Crippen LogP contribution in [0.15, 0.2) is 66.2 Å². The van der Waals surface area contributed by atoms with Gasteiger partial charge in [0.25, 0.3) is 0 Å². The smallest absolute Gasteiger partial charge is 0.168 e. The summed E-state index contributed by atoms with van der Waals surface area (Å²) in [6, 6.07) is 12.7. The van der Waals surface area contributed by atoms with Gasteiger partial charge in [-0.15, -0.1) is 0 Å². The quantitative estimate of drug-likeness (QED) is 0.437. The molecule has 0 bridgehead atoms. The van der Waals surface area contributed by atoms with Gasteiger partial charge in [-0.05, 0) is 48.0 Å². The molecule has 0 aliphatic rings. The van der Waals surface area contributed by atoms with Crippen molar-refractivity contribution in [3.8, 4) is 11.4 Å². The predicted molar refractivity (Wildman–Crippen MR) is 95.9 cm³/mol. The topological polar surface area (TPSA) is 88.2 Å². The third-order valence-electron chi connectivity index (χ3n) is 3.70. The normalized spacial score (nSPS) is 11.3. The SMILES string of the molecule is Oc1ccc(/C=N/Nc2ncnc3c2cnn3-c2cccc(F)c2)cc1. The lowest BCUT2D eigenvalue weighted by Crippen LogP contribution is -1.99. The van der Waals surface area contributed by atoms with Crippen molar-refractivity contribution in [1.29, 1.82) is 0 Å². The van der Waals surface area contributed by atoms with Crippen LogP contribution in [0.5, 0.6) is 5.75 Å². The number of phenolic OH excluding ortho intramolecular Hbond substituents is 1. The Bertz CT molecular complexity index is 1090. The molecule has 128 valence electrons. The van der Waals surface area contributed by atoms with E-state index in [4.69, 9.17) is 0 Å². The molecule has 4 rings (SSSR count). The monoisotopic (exact) mass is 348 g/mol. The molecule has 0 atom stereocenters. The molecule has 4 aromatic rings. The first-order valence-electron chi connectivity index (χ1n) is 7.73. The van der Waals surface area contributed by atoms with Crippen LogP contribution in [0.2, 0.25) is 0 Å². The summed E-state index contributed by atoms with van der Waals surface area (Å²) >= 11 is 0. The van der Waals surface area contributed by atoms with Gasteiger partial charge in [-0.1, -0.05) is 6.07 Å². The molecule has 2 N–H and O–H groups in total. The molecule has 0 aliphatic heterocycles. The maximum Gasteiger partial charge on any atom is 0.168 e. The summed E-state index contributed by atoms with van der Waals surface area (Å²) in [5, 5.41) is 18.3. The maximum atomic E-state index is 13.5. The minimum Gasteiger partial charge on any atom is -0.508 e. The Kier molecular flexibility index (Phi) is 3.98.